The van der Waals surface area contributed by atoms with E-state index in [1.54, 1.807) is 31.4 Å². The van der Waals surface area contributed by atoms with Crippen molar-refractivity contribution in [1.29, 1.82) is 0 Å². The lowest BCUT2D eigenvalue weighted by Crippen LogP contribution is -2.39. The Labute approximate surface area is 247 Å². The summed E-state index contributed by atoms with van der Waals surface area (Å²) in [6.07, 6.45) is 1.74. The molecule has 0 aliphatic carbocycles. The number of ether oxygens (including phenoxy) is 3. The minimum atomic E-state index is -0.631. The van der Waals surface area contributed by atoms with Crippen LogP contribution >= 0.6 is 67.9 Å². The molecule has 0 bridgehead atoms. The van der Waals surface area contributed by atoms with Crippen LogP contribution in [0.3, 0.4) is 0 Å². The van der Waals surface area contributed by atoms with Crippen molar-refractivity contribution < 1.29 is 23.8 Å². The van der Waals surface area contributed by atoms with Crippen LogP contribution in [0.25, 0.3) is 6.08 Å². The number of carbonyl (C=O) groups excluding carboxylic acids is 2. The molecule has 1 atom stereocenters. The van der Waals surface area contributed by atoms with E-state index in [9.17, 15) is 14.4 Å². The SMILES string of the molecule is CCOC(=O)COc1c(I)cc(I)cc1/C=c1\sc2n(c1=O)[C@H](c1cccs1)C(C(=O)OCC)=C(C)N=2. The fourth-order valence-electron chi connectivity index (χ4n) is 3.82. The fourth-order valence-corrected chi connectivity index (χ4v) is 7.73. The number of hydrogen-bond acceptors (Lipinski definition) is 9. The Hall–Kier alpha value is -2.04. The van der Waals surface area contributed by atoms with Crippen LogP contribution in [0.4, 0.5) is 0 Å². The van der Waals surface area contributed by atoms with Gasteiger partial charge in [-0.2, -0.15) is 0 Å². The minimum absolute atomic E-state index is 0.219. The zero-order valence-electron chi connectivity index (χ0n) is 20.1. The molecule has 3 aromatic rings. The highest BCUT2D eigenvalue weighted by Crippen LogP contribution is 2.33. The van der Waals surface area contributed by atoms with E-state index in [0.29, 0.717) is 31.9 Å². The number of allylic oxidation sites excluding steroid dienone is 1. The zero-order chi connectivity index (χ0) is 26.7. The summed E-state index contributed by atoms with van der Waals surface area (Å²) in [5.41, 5.74) is 1.25. The van der Waals surface area contributed by atoms with Crippen LogP contribution in [0.1, 0.15) is 37.3 Å². The molecule has 0 saturated heterocycles. The lowest BCUT2D eigenvalue weighted by atomic mass is 10.0. The van der Waals surface area contributed by atoms with Crippen molar-refractivity contribution in [2.75, 3.05) is 19.8 Å². The quantitative estimate of drug-likeness (QED) is 0.255. The molecule has 0 unspecified atom stereocenters. The van der Waals surface area contributed by atoms with Crippen LogP contribution in [-0.2, 0) is 19.1 Å². The summed E-state index contributed by atoms with van der Waals surface area (Å²) < 4.78 is 19.8. The molecule has 37 heavy (non-hydrogen) atoms. The molecular formula is C25H22I2N2O6S2. The van der Waals surface area contributed by atoms with Crippen LogP contribution < -0.4 is 19.6 Å². The third kappa shape index (κ3) is 6.01. The van der Waals surface area contributed by atoms with Gasteiger partial charge in [-0.25, -0.2) is 14.6 Å². The normalized spacial score (nSPS) is 15.3. The van der Waals surface area contributed by atoms with Gasteiger partial charge in [0.2, 0.25) is 0 Å². The Kier molecular flexibility index (Phi) is 9.24. The lowest BCUT2D eigenvalue weighted by Gasteiger charge is -2.23. The number of thiophene rings is 1. The van der Waals surface area contributed by atoms with Crippen LogP contribution in [0, 0.1) is 7.14 Å². The number of rotatable bonds is 8. The van der Waals surface area contributed by atoms with Gasteiger partial charge in [0.05, 0.1) is 32.6 Å². The summed E-state index contributed by atoms with van der Waals surface area (Å²) in [6, 6.07) is 6.95. The molecule has 8 nitrogen and oxygen atoms in total. The molecule has 1 aromatic carbocycles. The van der Waals surface area contributed by atoms with E-state index in [1.165, 1.54) is 22.7 Å². The molecule has 0 N–H and O–H groups in total. The molecule has 3 heterocycles. The van der Waals surface area contributed by atoms with Crippen molar-refractivity contribution >= 4 is 85.9 Å². The van der Waals surface area contributed by atoms with Gasteiger partial charge in [-0.3, -0.25) is 9.36 Å². The van der Waals surface area contributed by atoms with E-state index in [-0.39, 0.29) is 25.4 Å². The molecule has 0 radical (unpaired) electrons. The average molecular weight is 764 g/mol. The first-order valence-electron chi connectivity index (χ1n) is 11.3. The Morgan fingerprint density at radius 3 is 2.62 bits per heavy atom. The third-order valence-corrected chi connectivity index (χ3v) is 8.62. The van der Waals surface area contributed by atoms with Crippen LogP contribution in [0.2, 0.25) is 0 Å². The number of benzene rings is 1. The van der Waals surface area contributed by atoms with Gasteiger partial charge in [0.1, 0.15) is 11.8 Å². The van der Waals surface area contributed by atoms with Crippen molar-refractivity contribution in [2.24, 2.45) is 4.99 Å². The van der Waals surface area contributed by atoms with Gasteiger partial charge >= 0.3 is 11.9 Å². The molecule has 12 heteroatoms. The van der Waals surface area contributed by atoms with Crippen molar-refractivity contribution in [1.82, 2.24) is 4.57 Å². The number of nitrogens with zero attached hydrogens (tertiary/aromatic N) is 2. The van der Waals surface area contributed by atoms with E-state index in [1.807, 2.05) is 29.6 Å². The molecule has 1 aliphatic heterocycles. The lowest BCUT2D eigenvalue weighted by molar-refractivity contribution is -0.145. The summed E-state index contributed by atoms with van der Waals surface area (Å²) in [7, 11) is 0. The average Bonchev–Trinajstić information content (AvgIpc) is 3.46. The van der Waals surface area contributed by atoms with E-state index < -0.39 is 18.0 Å². The predicted molar refractivity (Wildman–Crippen MR) is 159 cm³/mol. The first-order chi connectivity index (χ1) is 17.7. The molecule has 4 rings (SSSR count). The molecule has 0 spiro atoms. The van der Waals surface area contributed by atoms with Crippen molar-refractivity contribution in [3.8, 4) is 5.75 Å². The summed E-state index contributed by atoms with van der Waals surface area (Å²) in [4.78, 5) is 44.5. The summed E-state index contributed by atoms with van der Waals surface area (Å²) in [6.45, 7) is 5.47. The van der Waals surface area contributed by atoms with Crippen molar-refractivity contribution in [3.63, 3.8) is 0 Å². The highest BCUT2D eigenvalue weighted by molar-refractivity contribution is 14.1. The second-order valence-electron chi connectivity index (χ2n) is 7.72. The second-order valence-corrected chi connectivity index (χ2v) is 12.1. The van der Waals surface area contributed by atoms with E-state index in [0.717, 1.165) is 12.0 Å². The zero-order valence-corrected chi connectivity index (χ0v) is 26.0. The fraction of sp³-hybridized carbons (Fsp3) is 0.280. The Morgan fingerprint density at radius 2 is 1.95 bits per heavy atom. The molecule has 1 aliphatic rings. The number of carbonyl (C=O) groups is 2. The first-order valence-corrected chi connectivity index (χ1v) is 15.1. The summed E-state index contributed by atoms with van der Waals surface area (Å²) >= 11 is 7.03. The topological polar surface area (TPSA) is 96.2 Å². The van der Waals surface area contributed by atoms with Crippen molar-refractivity contribution in [3.05, 3.63) is 78.2 Å². The Balaban J connectivity index is 1.87. The van der Waals surface area contributed by atoms with Gasteiger partial charge in [0.25, 0.3) is 5.56 Å². The smallest absolute Gasteiger partial charge is 0.344 e. The maximum atomic E-state index is 13.8. The highest BCUT2D eigenvalue weighted by atomic mass is 127. The standard InChI is InChI=1S/C25H22I2N2O6S2/c1-4-33-19(30)12-35-22-14(9-15(26)11-16(22)27)10-18-23(31)29-21(17-7-6-8-36-17)20(24(32)34-5-2)13(3)28-25(29)37-18/h6-11,21H,4-5,12H2,1-3H3/b18-10-/t21-/m1/s1. The van der Waals surface area contributed by atoms with Crippen LogP contribution in [0.15, 0.2) is 50.7 Å². The largest absolute Gasteiger partial charge is 0.480 e. The molecule has 194 valence electrons. The Morgan fingerprint density at radius 1 is 1.19 bits per heavy atom. The van der Waals surface area contributed by atoms with Gasteiger partial charge in [-0.05, 0) is 95.6 Å². The third-order valence-electron chi connectivity index (χ3n) is 5.29. The number of hydrogen-bond donors (Lipinski definition) is 0. The van der Waals surface area contributed by atoms with Crippen molar-refractivity contribution in [2.45, 2.75) is 26.8 Å². The summed E-state index contributed by atoms with van der Waals surface area (Å²) in [5.74, 6) is -0.476. The number of aromatic nitrogens is 1. The van der Waals surface area contributed by atoms with E-state index in [2.05, 4.69) is 50.2 Å². The second kappa shape index (κ2) is 12.2. The van der Waals surface area contributed by atoms with Gasteiger partial charge in [0.15, 0.2) is 11.4 Å². The van der Waals surface area contributed by atoms with E-state index >= 15 is 0 Å². The first kappa shape index (κ1) is 28.0. The maximum absolute atomic E-state index is 13.8. The maximum Gasteiger partial charge on any atom is 0.344 e. The number of fused-ring (bicyclic) bond motifs is 1. The minimum Gasteiger partial charge on any atom is -0.480 e. The number of esters is 2. The molecular weight excluding hydrogens is 742 g/mol. The van der Waals surface area contributed by atoms with Gasteiger partial charge < -0.3 is 14.2 Å². The van der Waals surface area contributed by atoms with Gasteiger partial charge in [0, 0.05) is 14.0 Å². The van der Waals surface area contributed by atoms with Crippen LogP contribution in [-0.4, -0.2) is 36.3 Å². The van der Waals surface area contributed by atoms with Gasteiger partial charge in [-0.1, -0.05) is 17.4 Å². The molecule has 0 fully saturated rings. The Bertz CT molecular complexity index is 1560. The molecule has 0 saturated carbocycles. The summed E-state index contributed by atoms with van der Waals surface area (Å²) in [5, 5.41) is 1.91. The number of thiazole rings is 1. The molecule has 0 amide bonds. The van der Waals surface area contributed by atoms with Crippen LogP contribution in [0.5, 0.6) is 5.75 Å². The predicted octanol–water partition coefficient (Wildman–Crippen LogP) is 4.01. The molecule has 2 aromatic heterocycles. The van der Waals surface area contributed by atoms with E-state index in [4.69, 9.17) is 14.2 Å². The highest BCUT2D eigenvalue weighted by Gasteiger charge is 2.34. The number of halogens is 2. The van der Waals surface area contributed by atoms with Gasteiger partial charge in [-0.15, -0.1) is 11.3 Å². The monoisotopic (exact) mass is 764 g/mol.